The summed E-state index contributed by atoms with van der Waals surface area (Å²) in [6.07, 6.45) is 4.06. The first-order valence-electron chi connectivity index (χ1n) is 4.57. The van der Waals surface area contributed by atoms with Crippen molar-refractivity contribution in [3.63, 3.8) is 0 Å². The molecule has 0 fully saturated rings. The molecular formula is C9H8ClFN4O. The first kappa shape index (κ1) is 10.8. The number of hydrogen-bond acceptors (Lipinski definition) is 4. The van der Waals surface area contributed by atoms with E-state index < -0.39 is 5.82 Å². The van der Waals surface area contributed by atoms with Crippen LogP contribution in [0.1, 0.15) is 6.92 Å². The van der Waals surface area contributed by atoms with Gasteiger partial charge in [0.25, 0.3) is 5.88 Å². The fourth-order valence-electron chi connectivity index (χ4n) is 1.08. The predicted molar refractivity (Wildman–Crippen MR) is 55.0 cm³/mol. The third-order valence-corrected chi connectivity index (χ3v) is 2.01. The second kappa shape index (κ2) is 4.44. The van der Waals surface area contributed by atoms with Gasteiger partial charge in [-0.3, -0.25) is 4.68 Å². The van der Waals surface area contributed by atoms with Gasteiger partial charge in [-0.25, -0.2) is 4.98 Å². The van der Waals surface area contributed by atoms with E-state index in [1.54, 1.807) is 10.9 Å². The quantitative estimate of drug-likeness (QED) is 0.775. The lowest BCUT2D eigenvalue weighted by Gasteiger charge is -2.02. The Balaban J connectivity index is 2.22. The molecule has 0 spiro atoms. The molecule has 2 rings (SSSR count). The van der Waals surface area contributed by atoms with E-state index in [0.717, 1.165) is 6.20 Å². The van der Waals surface area contributed by atoms with E-state index in [0.29, 0.717) is 12.3 Å². The Morgan fingerprint density at radius 2 is 2.31 bits per heavy atom. The van der Waals surface area contributed by atoms with Crippen LogP contribution in [0, 0.1) is 5.82 Å². The molecule has 7 heteroatoms. The van der Waals surface area contributed by atoms with Gasteiger partial charge in [0, 0.05) is 6.54 Å². The normalized spacial score (nSPS) is 10.4. The Bertz CT molecular complexity index is 502. The van der Waals surface area contributed by atoms with Crippen molar-refractivity contribution in [3.05, 3.63) is 29.7 Å². The maximum atomic E-state index is 13.2. The maximum Gasteiger partial charge on any atom is 0.260 e. The van der Waals surface area contributed by atoms with E-state index in [1.807, 2.05) is 6.92 Å². The van der Waals surface area contributed by atoms with E-state index in [9.17, 15) is 4.39 Å². The van der Waals surface area contributed by atoms with E-state index in [1.165, 1.54) is 6.20 Å². The van der Waals surface area contributed by atoms with E-state index in [-0.39, 0.29) is 11.2 Å². The van der Waals surface area contributed by atoms with Crippen LogP contribution in [0.2, 0.25) is 5.28 Å². The summed E-state index contributed by atoms with van der Waals surface area (Å²) in [5.74, 6) is -0.486. The van der Waals surface area contributed by atoms with Gasteiger partial charge in [0.05, 0.1) is 18.6 Å². The molecule has 2 aromatic heterocycles. The lowest BCUT2D eigenvalue weighted by atomic mass is 10.6. The smallest absolute Gasteiger partial charge is 0.260 e. The highest BCUT2D eigenvalue weighted by atomic mass is 35.5. The molecule has 0 radical (unpaired) electrons. The topological polar surface area (TPSA) is 52.8 Å². The van der Waals surface area contributed by atoms with Gasteiger partial charge < -0.3 is 4.74 Å². The summed E-state index contributed by atoms with van der Waals surface area (Å²) in [6.45, 7) is 2.63. The summed E-state index contributed by atoms with van der Waals surface area (Å²) in [4.78, 5) is 7.10. The molecule has 0 atom stereocenters. The summed E-state index contributed by atoms with van der Waals surface area (Å²) in [6, 6.07) is 0. The zero-order valence-electron chi connectivity index (χ0n) is 8.39. The van der Waals surface area contributed by atoms with Crippen molar-refractivity contribution in [1.29, 1.82) is 0 Å². The third-order valence-electron chi connectivity index (χ3n) is 1.83. The molecule has 0 aromatic carbocycles. The van der Waals surface area contributed by atoms with Crippen molar-refractivity contribution < 1.29 is 9.13 Å². The van der Waals surface area contributed by atoms with Crippen LogP contribution in [0.4, 0.5) is 4.39 Å². The molecule has 0 saturated heterocycles. The van der Waals surface area contributed by atoms with Crippen molar-refractivity contribution in [2.75, 3.05) is 0 Å². The number of ether oxygens (including phenoxy) is 1. The standard InChI is InChI=1S/C9H8ClFN4O/c1-2-15-5-6(3-13-15)16-8-7(11)4-12-9(10)14-8/h3-5H,2H2,1H3. The zero-order valence-corrected chi connectivity index (χ0v) is 9.15. The first-order chi connectivity index (χ1) is 7.69. The van der Waals surface area contributed by atoms with Gasteiger partial charge in [0.2, 0.25) is 11.1 Å². The number of aryl methyl sites for hydroxylation is 1. The minimum absolute atomic E-state index is 0.0701. The Hall–Kier alpha value is -1.69. The second-order valence-corrected chi connectivity index (χ2v) is 3.26. The molecule has 0 aliphatic rings. The van der Waals surface area contributed by atoms with Crippen molar-refractivity contribution in [3.8, 4) is 11.6 Å². The van der Waals surface area contributed by atoms with E-state index in [2.05, 4.69) is 15.1 Å². The molecule has 0 bridgehead atoms. The highest BCUT2D eigenvalue weighted by molar-refractivity contribution is 6.28. The van der Waals surface area contributed by atoms with E-state index >= 15 is 0 Å². The fraction of sp³-hybridized carbons (Fsp3) is 0.222. The van der Waals surface area contributed by atoms with Crippen LogP contribution >= 0.6 is 11.6 Å². The molecule has 2 heterocycles. The third kappa shape index (κ3) is 2.27. The van der Waals surface area contributed by atoms with Crippen LogP contribution in [-0.4, -0.2) is 19.7 Å². The SMILES string of the molecule is CCn1cc(Oc2nc(Cl)ncc2F)cn1. The summed E-state index contributed by atoms with van der Waals surface area (Å²) in [7, 11) is 0. The van der Waals surface area contributed by atoms with Gasteiger partial charge in [-0.2, -0.15) is 14.5 Å². The molecule has 0 unspecified atom stereocenters. The predicted octanol–water partition coefficient (Wildman–Crippen LogP) is 2.28. The second-order valence-electron chi connectivity index (χ2n) is 2.93. The monoisotopic (exact) mass is 242 g/mol. The zero-order chi connectivity index (χ0) is 11.5. The van der Waals surface area contributed by atoms with Crippen LogP contribution in [0.15, 0.2) is 18.6 Å². The fourth-order valence-corrected chi connectivity index (χ4v) is 1.21. The van der Waals surface area contributed by atoms with Crippen LogP contribution in [0.5, 0.6) is 11.6 Å². The molecular weight excluding hydrogens is 235 g/mol. The van der Waals surface area contributed by atoms with Crippen molar-refractivity contribution in [1.82, 2.24) is 19.7 Å². The summed E-state index contributed by atoms with van der Waals surface area (Å²) < 4.78 is 20.0. The first-order valence-corrected chi connectivity index (χ1v) is 4.95. The minimum Gasteiger partial charge on any atom is -0.433 e. The summed E-state index contributed by atoms with van der Waals surface area (Å²) in [5.41, 5.74) is 0. The Labute approximate surface area is 95.8 Å². The van der Waals surface area contributed by atoms with Gasteiger partial charge in [-0.05, 0) is 18.5 Å². The highest BCUT2D eigenvalue weighted by Crippen LogP contribution is 2.22. The number of aromatic nitrogens is 4. The largest absolute Gasteiger partial charge is 0.433 e. The Morgan fingerprint density at radius 1 is 1.50 bits per heavy atom. The van der Waals surface area contributed by atoms with E-state index in [4.69, 9.17) is 16.3 Å². The molecule has 84 valence electrons. The van der Waals surface area contributed by atoms with Crippen molar-refractivity contribution in [2.24, 2.45) is 0 Å². The molecule has 0 aliphatic carbocycles. The summed E-state index contributed by atoms with van der Waals surface area (Å²) in [5, 5.41) is 3.91. The Kier molecular flexibility index (Phi) is 3.00. The van der Waals surface area contributed by atoms with Gasteiger partial charge in [0.1, 0.15) is 0 Å². The lowest BCUT2D eigenvalue weighted by molar-refractivity contribution is 0.419. The van der Waals surface area contributed by atoms with Crippen LogP contribution in [0.25, 0.3) is 0 Å². The maximum absolute atomic E-state index is 13.2. The minimum atomic E-state index is -0.673. The molecule has 0 N–H and O–H groups in total. The average molecular weight is 243 g/mol. The average Bonchev–Trinajstić information content (AvgIpc) is 2.71. The molecule has 0 amide bonds. The number of rotatable bonds is 3. The molecule has 16 heavy (non-hydrogen) atoms. The summed E-state index contributed by atoms with van der Waals surface area (Å²) >= 11 is 5.53. The highest BCUT2D eigenvalue weighted by Gasteiger charge is 2.09. The molecule has 5 nitrogen and oxygen atoms in total. The van der Waals surface area contributed by atoms with Crippen molar-refractivity contribution >= 4 is 11.6 Å². The number of halogens is 2. The van der Waals surface area contributed by atoms with Gasteiger partial charge in [-0.15, -0.1) is 0 Å². The molecule has 0 aliphatic heterocycles. The van der Waals surface area contributed by atoms with Crippen molar-refractivity contribution in [2.45, 2.75) is 13.5 Å². The Morgan fingerprint density at radius 3 is 3.00 bits per heavy atom. The van der Waals surface area contributed by atoms with Crippen LogP contribution < -0.4 is 4.74 Å². The van der Waals surface area contributed by atoms with Crippen LogP contribution in [0.3, 0.4) is 0 Å². The van der Waals surface area contributed by atoms with Gasteiger partial charge in [0.15, 0.2) is 5.75 Å². The van der Waals surface area contributed by atoms with Crippen LogP contribution in [-0.2, 0) is 6.54 Å². The molecule has 0 saturated carbocycles. The number of nitrogens with zero attached hydrogens (tertiary/aromatic N) is 4. The van der Waals surface area contributed by atoms with Gasteiger partial charge in [-0.1, -0.05) is 0 Å². The number of hydrogen-bond donors (Lipinski definition) is 0. The molecule has 2 aromatic rings. The van der Waals surface area contributed by atoms with Gasteiger partial charge >= 0.3 is 0 Å². The lowest BCUT2D eigenvalue weighted by Crippen LogP contribution is -1.94.